The average molecular weight is 487 g/mol. The Labute approximate surface area is 167 Å². The number of carbonyl (C=O) groups excluding carboxylic acids is 2. The van der Waals surface area contributed by atoms with Crippen LogP contribution in [0.15, 0.2) is 36.4 Å². The zero-order chi connectivity index (χ0) is 18.2. The minimum absolute atomic E-state index is 0.125. The van der Waals surface area contributed by atoms with Crippen molar-refractivity contribution in [3.63, 3.8) is 0 Å². The quantitative estimate of drug-likeness (QED) is 0.480. The van der Waals surface area contributed by atoms with E-state index in [0.29, 0.717) is 23.4 Å². The molecule has 1 N–H and O–H groups in total. The number of nitrogens with one attached hydrogen (secondary N) is 1. The van der Waals surface area contributed by atoms with Crippen molar-refractivity contribution in [3.05, 3.63) is 52.4 Å². The van der Waals surface area contributed by atoms with Gasteiger partial charge in [-0.15, -0.1) is 11.3 Å². The molecule has 1 amide bonds. The SMILES string of the molecule is COC(=O)c1cc(Cc2ccccc2)sc1NC(=O)[C@]1(C)CC1(Br)Br. The summed E-state index contributed by atoms with van der Waals surface area (Å²) in [5.74, 6) is -0.574. The molecule has 0 spiro atoms. The third-order valence-electron chi connectivity index (χ3n) is 4.40. The van der Waals surface area contributed by atoms with E-state index in [0.717, 1.165) is 10.4 Å². The highest BCUT2D eigenvalue weighted by atomic mass is 79.9. The molecule has 1 aliphatic rings. The summed E-state index contributed by atoms with van der Waals surface area (Å²) in [6, 6.07) is 11.8. The van der Waals surface area contributed by atoms with Crippen molar-refractivity contribution < 1.29 is 14.3 Å². The monoisotopic (exact) mass is 485 g/mol. The van der Waals surface area contributed by atoms with Crippen LogP contribution in [0, 0.1) is 5.41 Å². The first kappa shape index (κ1) is 18.6. The second-order valence-corrected chi connectivity index (χ2v) is 11.2. The summed E-state index contributed by atoms with van der Waals surface area (Å²) in [4.78, 5) is 25.7. The summed E-state index contributed by atoms with van der Waals surface area (Å²) in [5, 5.41) is 3.44. The molecule has 25 heavy (non-hydrogen) atoms. The lowest BCUT2D eigenvalue weighted by atomic mass is 10.1. The zero-order valence-electron chi connectivity index (χ0n) is 13.8. The maximum Gasteiger partial charge on any atom is 0.340 e. The Morgan fingerprint density at radius 3 is 2.48 bits per heavy atom. The molecule has 0 saturated heterocycles. The standard InChI is InChI=1S/C18H17Br2NO3S/c1-17(10-18(17,19)20)16(23)21-14-13(15(22)24-2)9-12(25-14)8-11-6-4-3-5-7-11/h3-7,9H,8,10H2,1-2H3,(H,21,23)/t17-/m0/s1. The molecule has 1 aromatic carbocycles. The number of amides is 1. The van der Waals surface area contributed by atoms with Crippen LogP contribution in [0.2, 0.25) is 0 Å². The summed E-state index contributed by atoms with van der Waals surface area (Å²) in [7, 11) is 1.34. The van der Waals surface area contributed by atoms with E-state index in [2.05, 4.69) is 37.2 Å². The van der Waals surface area contributed by atoms with Crippen LogP contribution >= 0.6 is 43.2 Å². The Hall–Kier alpha value is -1.18. The number of hydrogen-bond acceptors (Lipinski definition) is 4. The van der Waals surface area contributed by atoms with Gasteiger partial charge in [-0.05, 0) is 25.0 Å². The van der Waals surface area contributed by atoms with E-state index in [-0.39, 0.29) is 9.14 Å². The summed E-state index contributed by atoms with van der Waals surface area (Å²) >= 11 is 8.41. The zero-order valence-corrected chi connectivity index (χ0v) is 17.8. The van der Waals surface area contributed by atoms with Crippen LogP contribution in [0.3, 0.4) is 0 Å². The van der Waals surface area contributed by atoms with Crippen molar-refractivity contribution >= 4 is 60.1 Å². The number of methoxy groups -OCH3 is 1. The number of rotatable bonds is 5. The first-order valence-corrected chi connectivity index (χ1v) is 10.1. The van der Waals surface area contributed by atoms with Gasteiger partial charge in [0.2, 0.25) is 5.91 Å². The molecule has 1 atom stereocenters. The van der Waals surface area contributed by atoms with Crippen molar-refractivity contribution in [1.82, 2.24) is 0 Å². The minimum atomic E-state index is -0.552. The third kappa shape index (κ3) is 3.68. The van der Waals surface area contributed by atoms with Crippen molar-refractivity contribution in [1.29, 1.82) is 0 Å². The fourth-order valence-corrected chi connectivity index (χ4v) is 5.12. The Bertz CT molecular complexity index is 819. The number of ether oxygens (including phenoxy) is 1. The largest absolute Gasteiger partial charge is 0.465 e. The maximum absolute atomic E-state index is 12.6. The van der Waals surface area contributed by atoms with E-state index >= 15 is 0 Å². The van der Waals surface area contributed by atoms with Crippen LogP contribution in [0.4, 0.5) is 5.00 Å². The number of carbonyl (C=O) groups is 2. The number of anilines is 1. The molecule has 0 unspecified atom stereocenters. The lowest BCUT2D eigenvalue weighted by Gasteiger charge is -2.12. The van der Waals surface area contributed by atoms with Gasteiger partial charge in [0.15, 0.2) is 0 Å². The molecule has 0 radical (unpaired) electrons. The van der Waals surface area contributed by atoms with Gasteiger partial charge < -0.3 is 10.1 Å². The molecule has 1 aliphatic carbocycles. The fraction of sp³-hybridized carbons (Fsp3) is 0.333. The molecule has 1 saturated carbocycles. The van der Waals surface area contributed by atoms with E-state index < -0.39 is 11.4 Å². The highest BCUT2D eigenvalue weighted by molar-refractivity contribution is 9.25. The Balaban J connectivity index is 1.84. The third-order valence-corrected chi connectivity index (χ3v) is 7.76. The van der Waals surface area contributed by atoms with Gasteiger partial charge >= 0.3 is 5.97 Å². The predicted octanol–water partition coefficient (Wildman–Crippen LogP) is 4.96. The summed E-state index contributed by atoms with van der Waals surface area (Å²) in [6.45, 7) is 1.88. The molecule has 7 heteroatoms. The number of esters is 1. The molecule has 0 aliphatic heterocycles. The van der Waals surface area contributed by atoms with Gasteiger partial charge in [0, 0.05) is 11.3 Å². The summed E-state index contributed by atoms with van der Waals surface area (Å²) in [6.07, 6.45) is 1.38. The highest BCUT2D eigenvalue weighted by Crippen LogP contribution is 2.66. The second kappa shape index (κ2) is 6.85. The van der Waals surface area contributed by atoms with E-state index in [1.54, 1.807) is 6.07 Å². The van der Waals surface area contributed by atoms with Gasteiger partial charge in [0.05, 0.1) is 21.3 Å². The molecular formula is C18H17Br2NO3S. The Morgan fingerprint density at radius 1 is 1.28 bits per heavy atom. The van der Waals surface area contributed by atoms with E-state index in [1.165, 1.54) is 18.4 Å². The number of thiophene rings is 1. The van der Waals surface area contributed by atoms with Crippen LogP contribution in [-0.4, -0.2) is 22.2 Å². The Kier molecular flexibility index (Phi) is 5.10. The van der Waals surface area contributed by atoms with Gasteiger partial charge in [-0.3, -0.25) is 4.79 Å². The van der Waals surface area contributed by atoms with Crippen LogP contribution in [0.5, 0.6) is 0 Å². The van der Waals surface area contributed by atoms with Gasteiger partial charge in [0.25, 0.3) is 0 Å². The lowest BCUT2D eigenvalue weighted by molar-refractivity contribution is -0.120. The van der Waals surface area contributed by atoms with Crippen molar-refractivity contribution in [2.45, 2.75) is 23.0 Å². The van der Waals surface area contributed by atoms with Crippen LogP contribution in [0.25, 0.3) is 0 Å². The molecule has 1 heterocycles. The summed E-state index contributed by atoms with van der Waals surface area (Å²) in [5.41, 5.74) is 0.988. The van der Waals surface area contributed by atoms with E-state index in [4.69, 9.17) is 4.74 Å². The van der Waals surface area contributed by atoms with Crippen LogP contribution < -0.4 is 5.32 Å². The van der Waals surface area contributed by atoms with Crippen LogP contribution in [0.1, 0.15) is 34.1 Å². The van der Waals surface area contributed by atoms with Crippen molar-refractivity contribution in [2.24, 2.45) is 5.41 Å². The number of alkyl halides is 2. The molecule has 0 bridgehead atoms. The molecule has 4 nitrogen and oxygen atoms in total. The van der Waals surface area contributed by atoms with E-state index in [1.807, 2.05) is 37.3 Å². The molecule has 3 rings (SSSR count). The van der Waals surface area contributed by atoms with Gasteiger partial charge in [-0.25, -0.2) is 4.79 Å². The molecule has 1 aromatic heterocycles. The fourth-order valence-electron chi connectivity index (χ4n) is 2.57. The smallest absolute Gasteiger partial charge is 0.340 e. The Morgan fingerprint density at radius 2 is 1.92 bits per heavy atom. The van der Waals surface area contributed by atoms with Gasteiger partial charge in [-0.2, -0.15) is 0 Å². The maximum atomic E-state index is 12.6. The number of halogens is 2. The van der Waals surface area contributed by atoms with Gasteiger partial charge in [-0.1, -0.05) is 62.2 Å². The highest BCUT2D eigenvalue weighted by Gasteiger charge is 2.66. The molecule has 132 valence electrons. The molecular weight excluding hydrogens is 470 g/mol. The topological polar surface area (TPSA) is 55.4 Å². The lowest BCUT2D eigenvalue weighted by Crippen LogP contribution is -2.26. The van der Waals surface area contributed by atoms with Crippen molar-refractivity contribution in [2.75, 3.05) is 12.4 Å². The van der Waals surface area contributed by atoms with Gasteiger partial charge in [0.1, 0.15) is 5.00 Å². The van der Waals surface area contributed by atoms with Crippen LogP contribution in [-0.2, 0) is 16.0 Å². The molecule has 1 fully saturated rings. The minimum Gasteiger partial charge on any atom is -0.465 e. The average Bonchev–Trinajstić information content (AvgIpc) is 2.91. The first-order chi connectivity index (χ1) is 11.8. The second-order valence-electron chi connectivity index (χ2n) is 6.28. The first-order valence-electron chi connectivity index (χ1n) is 7.71. The molecule has 2 aromatic rings. The predicted molar refractivity (Wildman–Crippen MR) is 107 cm³/mol. The van der Waals surface area contributed by atoms with Crippen molar-refractivity contribution in [3.8, 4) is 0 Å². The summed E-state index contributed by atoms with van der Waals surface area (Å²) < 4.78 is 4.48. The van der Waals surface area contributed by atoms with E-state index in [9.17, 15) is 9.59 Å². The normalized spacial score (nSPS) is 20.8. The number of hydrogen-bond donors (Lipinski definition) is 1. The number of benzene rings is 1.